The minimum atomic E-state index is -0.419. The maximum atomic E-state index is 12.5. The predicted molar refractivity (Wildman–Crippen MR) is 100 cm³/mol. The first-order chi connectivity index (χ1) is 12.5. The van der Waals surface area contributed by atoms with Crippen LogP contribution in [0, 0.1) is 6.92 Å². The maximum absolute atomic E-state index is 12.5. The molecule has 0 bridgehead atoms. The minimum absolute atomic E-state index is 0.130. The molecule has 3 heterocycles. The number of pyridine rings is 1. The number of anilines is 2. The Morgan fingerprint density at radius 2 is 2.15 bits per heavy atom. The summed E-state index contributed by atoms with van der Waals surface area (Å²) in [4.78, 5) is 31.7. The summed E-state index contributed by atoms with van der Waals surface area (Å²) in [6.07, 6.45) is 1.54. The normalized spacial score (nSPS) is 19.3. The van der Waals surface area contributed by atoms with Gasteiger partial charge in [0.25, 0.3) is 11.5 Å². The number of hydrogen-bond donors (Lipinski definition) is 2. The van der Waals surface area contributed by atoms with Gasteiger partial charge in [-0.15, -0.1) is 0 Å². The lowest BCUT2D eigenvalue weighted by Gasteiger charge is -2.44. The molecule has 0 saturated carbocycles. The number of ether oxygens (including phenoxy) is 1. The lowest BCUT2D eigenvalue weighted by molar-refractivity contribution is 0.102. The molecule has 7 nitrogen and oxygen atoms in total. The molecule has 1 amide bonds. The van der Waals surface area contributed by atoms with Gasteiger partial charge >= 0.3 is 0 Å². The van der Waals surface area contributed by atoms with Crippen molar-refractivity contribution in [1.82, 2.24) is 9.88 Å². The zero-order valence-electron chi connectivity index (χ0n) is 14.9. The summed E-state index contributed by atoms with van der Waals surface area (Å²) in [5, 5.41) is 2.80. The van der Waals surface area contributed by atoms with Crippen LogP contribution < -0.4 is 20.5 Å². The number of benzene rings is 1. The Morgan fingerprint density at radius 1 is 1.31 bits per heavy atom. The van der Waals surface area contributed by atoms with Crippen LogP contribution in [0.15, 0.2) is 35.3 Å². The molecule has 2 N–H and O–H groups in total. The third kappa shape index (κ3) is 2.94. The van der Waals surface area contributed by atoms with Crippen LogP contribution in [0.2, 0.25) is 0 Å². The molecule has 1 unspecified atom stereocenters. The quantitative estimate of drug-likeness (QED) is 0.854. The number of aryl methyl sites for hydroxylation is 1. The van der Waals surface area contributed by atoms with Gasteiger partial charge < -0.3 is 24.8 Å². The molecule has 0 aliphatic carbocycles. The van der Waals surface area contributed by atoms with Gasteiger partial charge in [-0.25, -0.2) is 0 Å². The highest BCUT2D eigenvalue weighted by Crippen LogP contribution is 2.37. The summed E-state index contributed by atoms with van der Waals surface area (Å²) < 4.78 is 5.93. The molecule has 26 heavy (non-hydrogen) atoms. The van der Waals surface area contributed by atoms with E-state index in [2.05, 4.69) is 27.1 Å². The van der Waals surface area contributed by atoms with E-state index < -0.39 is 11.5 Å². The number of nitrogens with zero attached hydrogens (tertiary/aromatic N) is 2. The van der Waals surface area contributed by atoms with E-state index in [-0.39, 0.29) is 5.56 Å². The molecule has 2 aliphatic heterocycles. The average molecular weight is 354 g/mol. The second kappa shape index (κ2) is 6.49. The van der Waals surface area contributed by atoms with Crippen LogP contribution in [-0.2, 0) is 0 Å². The van der Waals surface area contributed by atoms with E-state index in [0.717, 1.165) is 31.1 Å². The standard InChI is InChI=1S/C19H22N4O3/c1-12-5-6-20-18(24)17(12)19(25)21-13-3-4-15-16(9-13)26-11-14-10-22(2)7-8-23(14)15/h3-6,9,14H,7-8,10-11H2,1-2H3,(H,20,24)(H,21,25). The molecule has 136 valence electrons. The topological polar surface area (TPSA) is 77.7 Å². The van der Waals surface area contributed by atoms with E-state index in [1.165, 1.54) is 6.20 Å². The molecular formula is C19H22N4O3. The van der Waals surface area contributed by atoms with Crippen LogP contribution in [0.3, 0.4) is 0 Å². The van der Waals surface area contributed by atoms with Crippen LogP contribution in [0.25, 0.3) is 0 Å². The predicted octanol–water partition coefficient (Wildman–Crippen LogP) is 1.45. The number of fused-ring (bicyclic) bond motifs is 3. The highest BCUT2D eigenvalue weighted by atomic mass is 16.5. The first kappa shape index (κ1) is 16.7. The maximum Gasteiger partial charge on any atom is 0.261 e. The molecular weight excluding hydrogens is 332 g/mol. The van der Waals surface area contributed by atoms with Gasteiger partial charge in [0.15, 0.2) is 0 Å². The zero-order valence-corrected chi connectivity index (χ0v) is 14.9. The molecule has 0 radical (unpaired) electrons. The van der Waals surface area contributed by atoms with E-state index in [9.17, 15) is 9.59 Å². The first-order valence-electron chi connectivity index (χ1n) is 8.74. The smallest absolute Gasteiger partial charge is 0.261 e. The summed E-state index contributed by atoms with van der Waals surface area (Å²) in [5.41, 5.74) is 2.05. The van der Waals surface area contributed by atoms with Crippen molar-refractivity contribution in [2.75, 3.05) is 43.5 Å². The van der Waals surface area contributed by atoms with Crippen molar-refractivity contribution < 1.29 is 9.53 Å². The molecule has 0 spiro atoms. The molecule has 2 aromatic rings. The van der Waals surface area contributed by atoms with Crippen molar-refractivity contribution in [3.8, 4) is 5.75 Å². The number of piperazine rings is 1. The summed E-state index contributed by atoms with van der Waals surface area (Å²) >= 11 is 0. The third-order valence-electron chi connectivity index (χ3n) is 5.04. The first-order valence-corrected chi connectivity index (χ1v) is 8.74. The van der Waals surface area contributed by atoms with Crippen LogP contribution in [0.1, 0.15) is 15.9 Å². The summed E-state index contributed by atoms with van der Waals surface area (Å²) in [7, 11) is 2.12. The van der Waals surface area contributed by atoms with E-state index in [1.54, 1.807) is 13.0 Å². The lowest BCUT2D eigenvalue weighted by Crippen LogP contribution is -2.56. The fourth-order valence-electron chi connectivity index (χ4n) is 3.65. The number of carbonyl (C=O) groups is 1. The Bertz CT molecular complexity index is 908. The van der Waals surface area contributed by atoms with E-state index in [1.807, 2.05) is 18.2 Å². The molecule has 1 saturated heterocycles. The fourth-order valence-corrected chi connectivity index (χ4v) is 3.65. The SMILES string of the molecule is Cc1cc[nH]c(=O)c1C(=O)Nc1ccc2c(c1)OCC1CN(C)CCN21. The largest absolute Gasteiger partial charge is 0.489 e. The van der Waals surface area contributed by atoms with Gasteiger partial charge in [0, 0.05) is 37.6 Å². The summed E-state index contributed by atoms with van der Waals surface area (Å²) in [6.45, 7) is 5.33. The number of aromatic amines is 1. The molecule has 1 fully saturated rings. The van der Waals surface area contributed by atoms with Crippen molar-refractivity contribution in [3.63, 3.8) is 0 Å². The number of aromatic nitrogens is 1. The Balaban J connectivity index is 1.57. The monoisotopic (exact) mass is 354 g/mol. The Hall–Kier alpha value is -2.80. The zero-order chi connectivity index (χ0) is 18.3. The molecule has 1 aromatic heterocycles. The number of H-pyrrole nitrogens is 1. The summed E-state index contributed by atoms with van der Waals surface area (Å²) in [6, 6.07) is 7.72. The van der Waals surface area contributed by atoms with Crippen LogP contribution in [0.5, 0.6) is 5.75 Å². The van der Waals surface area contributed by atoms with Gasteiger partial charge in [0.1, 0.15) is 17.9 Å². The highest BCUT2D eigenvalue weighted by Gasteiger charge is 2.31. The molecule has 7 heteroatoms. The molecule has 2 aliphatic rings. The Morgan fingerprint density at radius 3 is 2.96 bits per heavy atom. The Labute approximate surface area is 151 Å². The Kier molecular flexibility index (Phi) is 4.16. The van der Waals surface area contributed by atoms with Crippen molar-refractivity contribution in [1.29, 1.82) is 0 Å². The number of hydrogen-bond acceptors (Lipinski definition) is 5. The van der Waals surface area contributed by atoms with Crippen LogP contribution in [0.4, 0.5) is 11.4 Å². The summed E-state index contributed by atoms with van der Waals surface area (Å²) in [5.74, 6) is 0.347. The van der Waals surface area contributed by atoms with Gasteiger partial charge in [-0.1, -0.05) is 0 Å². The third-order valence-corrected chi connectivity index (χ3v) is 5.04. The fraction of sp³-hybridized carbons (Fsp3) is 0.368. The van der Waals surface area contributed by atoms with Crippen molar-refractivity contribution >= 4 is 17.3 Å². The van der Waals surface area contributed by atoms with E-state index in [0.29, 0.717) is 23.9 Å². The average Bonchev–Trinajstić information content (AvgIpc) is 2.61. The number of carbonyl (C=O) groups excluding carboxylic acids is 1. The number of amides is 1. The van der Waals surface area contributed by atoms with Crippen molar-refractivity contribution in [2.24, 2.45) is 0 Å². The van der Waals surface area contributed by atoms with Crippen molar-refractivity contribution in [3.05, 3.63) is 51.9 Å². The van der Waals surface area contributed by atoms with Gasteiger partial charge in [-0.05, 0) is 37.7 Å². The highest BCUT2D eigenvalue weighted by molar-refractivity contribution is 6.05. The lowest BCUT2D eigenvalue weighted by atomic mass is 10.1. The van der Waals surface area contributed by atoms with Crippen LogP contribution in [-0.4, -0.2) is 55.1 Å². The van der Waals surface area contributed by atoms with Gasteiger partial charge in [0.05, 0.1) is 11.7 Å². The van der Waals surface area contributed by atoms with Gasteiger partial charge in [-0.3, -0.25) is 9.59 Å². The van der Waals surface area contributed by atoms with E-state index >= 15 is 0 Å². The number of rotatable bonds is 2. The molecule has 1 aromatic carbocycles. The van der Waals surface area contributed by atoms with E-state index in [4.69, 9.17) is 4.74 Å². The van der Waals surface area contributed by atoms with Crippen LogP contribution >= 0.6 is 0 Å². The van der Waals surface area contributed by atoms with Crippen molar-refractivity contribution in [2.45, 2.75) is 13.0 Å². The number of likely N-dealkylation sites (N-methyl/N-ethyl adjacent to an activating group) is 1. The molecule has 1 atom stereocenters. The van der Waals surface area contributed by atoms with Gasteiger partial charge in [-0.2, -0.15) is 0 Å². The van der Waals surface area contributed by atoms with Gasteiger partial charge in [0.2, 0.25) is 0 Å². The number of nitrogens with one attached hydrogen (secondary N) is 2. The minimum Gasteiger partial charge on any atom is -0.489 e. The second-order valence-corrected chi connectivity index (χ2v) is 6.92. The second-order valence-electron chi connectivity index (χ2n) is 6.92. The molecule has 4 rings (SSSR count).